The third-order valence-corrected chi connectivity index (χ3v) is 6.39. The molecular weight excluding hydrogens is 298 g/mol. The summed E-state index contributed by atoms with van der Waals surface area (Å²) in [4.78, 5) is 0. The minimum Gasteiger partial charge on any atom is -0.264 e. The number of hydrogen-bond donors (Lipinski definition) is 0. The van der Waals surface area contributed by atoms with Crippen LogP contribution in [0.25, 0.3) is 26.2 Å². The normalized spacial score (nSPS) is 25.5. The molecule has 23 heavy (non-hydrogen) atoms. The summed E-state index contributed by atoms with van der Waals surface area (Å²) in [6.45, 7) is 2.20. The Labute approximate surface area is 140 Å². The van der Waals surface area contributed by atoms with Crippen LogP contribution < -0.4 is 0 Å². The Morgan fingerprint density at radius 1 is 0.957 bits per heavy atom. The van der Waals surface area contributed by atoms with E-state index in [0.717, 1.165) is 4.48 Å². The summed E-state index contributed by atoms with van der Waals surface area (Å²) in [5.74, 6) is 0. The highest BCUT2D eigenvalue weighted by Crippen LogP contribution is 2.47. The van der Waals surface area contributed by atoms with E-state index < -0.39 is 0 Å². The Balaban J connectivity index is 1.90. The van der Waals surface area contributed by atoms with Gasteiger partial charge in [0.05, 0.1) is 7.05 Å². The Morgan fingerprint density at radius 2 is 1.78 bits per heavy atom. The molecule has 0 saturated heterocycles. The first-order chi connectivity index (χ1) is 11.2. The minimum atomic E-state index is 0.372. The molecule has 112 valence electrons. The molecule has 2 aliphatic rings. The summed E-state index contributed by atoms with van der Waals surface area (Å²) in [5.41, 5.74) is 4.20. The maximum Gasteiger partial charge on any atom is 0.144 e. The molecule has 1 nitrogen and oxygen atoms in total. The Kier molecular flexibility index (Phi) is 2.56. The van der Waals surface area contributed by atoms with Crippen molar-refractivity contribution in [2.24, 2.45) is 0 Å². The van der Waals surface area contributed by atoms with Crippen LogP contribution in [0.4, 0.5) is 0 Å². The summed E-state index contributed by atoms with van der Waals surface area (Å²) in [6, 6.07) is 13.7. The van der Waals surface area contributed by atoms with Crippen LogP contribution in [0.1, 0.15) is 24.1 Å². The van der Waals surface area contributed by atoms with Crippen molar-refractivity contribution in [1.29, 1.82) is 0 Å². The summed E-state index contributed by atoms with van der Waals surface area (Å²) < 4.78 is 3.66. The van der Waals surface area contributed by atoms with Crippen LogP contribution >= 0.6 is 11.3 Å². The quantitative estimate of drug-likeness (QED) is 0.446. The average molecular weight is 316 g/mol. The zero-order chi connectivity index (χ0) is 15.6. The second-order valence-corrected chi connectivity index (χ2v) is 7.80. The third kappa shape index (κ3) is 1.76. The fraction of sp³-hybridized carbons (Fsp3) is 0.143. The summed E-state index contributed by atoms with van der Waals surface area (Å²) >= 11 is 1.93. The Morgan fingerprint density at radius 3 is 2.70 bits per heavy atom. The van der Waals surface area contributed by atoms with Gasteiger partial charge in [-0.1, -0.05) is 30.3 Å². The molecule has 0 saturated carbocycles. The number of quaternary nitrogens is 1. The lowest BCUT2D eigenvalue weighted by Gasteiger charge is -2.39. The molecule has 0 aliphatic carbocycles. The zero-order valence-corrected chi connectivity index (χ0v) is 14.1. The molecule has 0 radical (unpaired) electrons. The molecule has 2 heteroatoms. The van der Waals surface area contributed by atoms with E-state index in [1.807, 2.05) is 11.3 Å². The van der Waals surface area contributed by atoms with Crippen LogP contribution in [0.2, 0.25) is 0 Å². The predicted octanol–water partition coefficient (Wildman–Crippen LogP) is 6.00. The molecule has 0 N–H and O–H groups in total. The van der Waals surface area contributed by atoms with E-state index in [1.54, 1.807) is 0 Å². The molecule has 3 heterocycles. The van der Waals surface area contributed by atoms with Crippen LogP contribution in [-0.4, -0.2) is 11.5 Å². The van der Waals surface area contributed by atoms with E-state index in [-0.39, 0.29) is 0 Å². The number of hydrogen-bond acceptors (Lipinski definition) is 1. The van der Waals surface area contributed by atoms with Crippen molar-refractivity contribution in [3.8, 4) is 0 Å². The molecule has 2 atom stereocenters. The average Bonchev–Trinajstić information content (AvgIpc) is 2.94. The number of nitrogens with zero attached hydrogens (tertiary/aromatic N) is 1. The SMILES string of the molecule is CC1=CC2c3c(ccc4c3sc3ccccc34)C=C[N+]2(C)C=C1. The van der Waals surface area contributed by atoms with E-state index in [1.165, 1.54) is 36.9 Å². The van der Waals surface area contributed by atoms with Gasteiger partial charge in [-0.3, -0.25) is 4.48 Å². The lowest BCUT2D eigenvalue weighted by molar-refractivity contribution is -0.833. The zero-order valence-electron chi connectivity index (χ0n) is 13.3. The maximum atomic E-state index is 2.42. The van der Waals surface area contributed by atoms with E-state index in [9.17, 15) is 0 Å². The molecule has 3 aromatic rings. The summed E-state index contributed by atoms with van der Waals surface area (Å²) in [7, 11) is 2.29. The second-order valence-electron chi connectivity index (χ2n) is 6.75. The molecule has 0 spiro atoms. The second kappa shape index (κ2) is 4.44. The van der Waals surface area contributed by atoms with Crippen molar-refractivity contribution in [3.05, 3.63) is 77.7 Å². The van der Waals surface area contributed by atoms with Crippen LogP contribution in [0.15, 0.2) is 66.5 Å². The highest BCUT2D eigenvalue weighted by atomic mass is 32.1. The number of benzene rings is 2. The summed E-state index contributed by atoms with van der Waals surface area (Å²) in [6.07, 6.45) is 11.6. The minimum absolute atomic E-state index is 0.372. The lowest BCUT2D eigenvalue weighted by atomic mass is 9.90. The molecule has 2 unspecified atom stereocenters. The maximum absolute atomic E-state index is 2.42. The lowest BCUT2D eigenvalue weighted by Crippen LogP contribution is -2.39. The number of fused-ring (bicyclic) bond motifs is 7. The van der Waals surface area contributed by atoms with E-state index in [4.69, 9.17) is 0 Å². The van der Waals surface area contributed by atoms with Crippen molar-refractivity contribution in [2.75, 3.05) is 7.05 Å². The highest BCUT2D eigenvalue weighted by Gasteiger charge is 2.37. The van der Waals surface area contributed by atoms with Crippen LogP contribution in [-0.2, 0) is 0 Å². The number of rotatable bonds is 0. The van der Waals surface area contributed by atoms with Crippen molar-refractivity contribution < 1.29 is 4.48 Å². The molecule has 0 amide bonds. The van der Waals surface area contributed by atoms with Gasteiger partial charge in [0.15, 0.2) is 0 Å². The first-order valence-corrected chi connectivity index (χ1v) is 8.84. The monoisotopic (exact) mass is 316 g/mol. The smallest absolute Gasteiger partial charge is 0.144 e. The van der Waals surface area contributed by atoms with Gasteiger partial charge in [-0.2, -0.15) is 0 Å². The highest BCUT2D eigenvalue weighted by molar-refractivity contribution is 7.26. The van der Waals surface area contributed by atoms with Crippen LogP contribution in [0.3, 0.4) is 0 Å². The predicted molar refractivity (Wildman–Crippen MR) is 100 cm³/mol. The molecule has 1 aromatic heterocycles. The first-order valence-electron chi connectivity index (χ1n) is 8.02. The van der Waals surface area contributed by atoms with Gasteiger partial charge >= 0.3 is 0 Å². The topological polar surface area (TPSA) is 0 Å². The van der Waals surface area contributed by atoms with E-state index >= 15 is 0 Å². The van der Waals surface area contributed by atoms with Gasteiger partial charge in [0, 0.05) is 25.7 Å². The molecular formula is C21H18NS+. The Hall–Kier alpha value is -2.16. The van der Waals surface area contributed by atoms with Gasteiger partial charge in [-0.25, -0.2) is 0 Å². The van der Waals surface area contributed by atoms with Crippen molar-refractivity contribution in [2.45, 2.75) is 13.0 Å². The first kappa shape index (κ1) is 13.3. The standard InChI is InChI=1S/C21H18NS/c1-14-9-11-22(2)12-10-15-7-8-17-16-5-3-4-6-19(16)23-21(17)20(15)18(22)13-14/h3-13,18H,1-2H3/q+1. The molecule has 5 rings (SSSR count). The van der Waals surface area contributed by atoms with Crippen molar-refractivity contribution in [1.82, 2.24) is 0 Å². The molecule has 0 fully saturated rings. The fourth-order valence-electron chi connectivity index (χ4n) is 3.86. The van der Waals surface area contributed by atoms with Gasteiger partial charge < -0.3 is 0 Å². The number of thiophene rings is 1. The molecule has 0 bridgehead atoms. The largest absolute Gasteiger partial charge is 0.264 e. The van der Waals surface area contributed by atoms with Crippen LogP contribution in [0, 0.1) is 0 Å². The van der Waals surface area contributed by atoms with Gasteiger partial charge in [0.25, 0.3) is 0 Å². The van der Waals surface area contributed by atoms with Gasteiger partial charge in [-0.15, -0.1) is 11.3 Å². The molecule has 2 aromatic carbocycles. The van der Waals surface area contributed by atoms with Crippen LogP contribution in [0.5, 0.6) is 0 Å². The van der Waals surface area contributed by atoms with E-state index in [0.29, 0.717) is 6.04 Å². The van der Waals surface area contributed by atoms with Gasteiger partial charge in [0.1, 0.15) is 18.4 Å². The third-order valence-electron chi connectivity index (χ3n) is 5.17. The number of likely N-dealkylation sites (N-methyl/N-ethyl adjacent to an activating group) is 1. The fourth-order valence-corrected chi connectivity index (χ4v) is 5.15. The Bertz CT molecular complexity index is 1050. The van der Waals surface area contributed by atoms with Crippen molar-refractivity contribution in [3.63, 3.8) is 0 Å². The van der Waals surface area contributed by atoms with Crippen molar-refractivity contribution >= 4 is 37.6 Å². The number of allylic oxidation sites excluding steroid dienone is 2. The van der Waals surface area contributed by atoms with Gasteiger partial charge in [-0.05, 0) is 42.4 Å². The van der Waals surface area contributed by atoms with E-state index in [2.05, 4.69) is 81.0 Å². The molecule has 2 aliphatic heterocycles. The summed E-state index contributed by atoms with van der Waals surface area (Å²) in [5, 5.41) is 2.78. The van der Waals surface area contributed by atoms with Gasteiger partial charge in [0.2, 0.25) is 0 Å².